The van der Waals surface area contributed by atoms with Gasteiger partial charge in [-0.15, -0.1) is 0 Å². The van der Waals surface area contributed by atoms with Gasteiger partial charge in [0.1, 0.15) is 5.69 Å². The summed E-state index contributed by atoms with van der Waals surface area (Å²) in [4.78, 5) is 27.4. The summed E-state index contributed by atoms with van der Waals surface area (Å²) in [5.74, 6) is -7.58. The van der Waals surface area contributed by atoms with Crippen LogP contribution in [0.4, 0.5) is 22.0 Å². The largest absolute Gasteiger partial charge is 0.458 e. The van der Waals surface area contributed by atoms with Crippen LogP contribution in [-0.2, 0) is 17.4 Å². The van der Waals surface area contributed by atoms with Gasteiger partial charge in [0.05, 0.1) is 5.56 Å². The first-order chi connectivity index (χ1) is 13.6. The molecule has 2 aromatic heterocycles. The molecule has 152 valence electrons. The molecule has 1 aromatic carbocycles. The van der Waals surface area contributed by atoms with E-state index in [0.717, 1.165) is 0 Å². The summed E-state index contributed by atoms with van der Waals surface area (Å²) in [5.41, 5.74) is -1.74. The van der Waals surface area contributed by atoms with Gasteiger partial charge in [0.2, 0.25) is 5.82 Å². The van der Waals surface area contributed by atoms with Crippen molar-refractivity contribution in [1.82, 2.24) is 14.7 Å². The highest BCUT2D eigenvalue weighted by Gasteiger charge is 2.58. The maximum Gasteiger partial charge on any atom is 0.458 e. The molecule has 0 radical (unpaired) electrons. The Hall–Kier alpha value is -3.57. The molecule has 0 atom stereocenters. The van der Waals surface area contributed by atoms with E-state index in [2.05, 4.69) is 14.7 Å². The molecule has 3 rings (SSSR count). The van der Waals surface area contributed by atoms with Crippen LogP contribution in [0.3, 0.4) is 0 Å². The molecule has 0 aliphatic carbocycles. The Bertz CT molecular complexity index is 1080. The average Bonchev–Trinajstić information content (AvgIpc) is 3.06. The molecular formula is C17H10F5N3O4. The van der Waals surface area contributed by atoms with Gasteiger partial charge in [-0.2, -0.15) is 22.0 Å². The molecule has 0 N–H and O–H groups in total. The van der Waals surface area contributed by atoms with Gasteiger partial charge in [0.25, 0.3) is 0 Å². The number of hydrogen-bond acceptors (Lipinski definition) is 6. The molecule has 0 spiro atoms. The van der Waals surface area contributed by atoms with E-state index in [1.54, 1.807) is 18.2 Å². The fraction of sp³-hybridized carbons (Fsp3) is 0.176. The molecule has 7 nitrogen and oxygen atoms in total. The summed E-state index contributed by atoms with van der Waals surface area (Å²) in [5, 5.41) is 3.32. The van der Waals surface area contributed by atoms with Crippen molar-refractivity contribution in [3.8, 4) is 11.5 Å². The number of carbonyl (C=O) groups excluding carboxylic acids is 1. The number of carbonyl (C=O) groups is 1. The molecule has 2 heterocycles. The second-order valence-corrected chi connectivity index (χ2v) is 5.63. The number of esters is 1. The summed E-state index contributed by atoms with van der Waals surface area (Å²) >= 11 is 0. The Morgan fingerprint density at radius 3 is 2.45 bits per heavy atom. The third-order valence-corrected chi connectivity index (χ3v) is 3.73. The molecule has 0 fully saturated rings. The van der Waals surface area contributed by atoms with Crippen LogP contribution in [0.2, 0.25) is 0 Å². The zero-order chi connectivity index (χ0) is 21.2. The summed E-state index contributed by atoms with van der Waals surface area (Å²) in [6, 6.07) is 8.60. The van der Waals surface area contributed by atoms with E-state index in [9.17, 15) is 31.5 Å². The SMILES string of the molecule is O=C(OCn1c(-c2cc(C(F)(F)C(F)(F)F)ccn2)noc1=O)c1ccccc1. The van der Waals surface area contributed by atoms with E-state index in [0.29, 0.717) is 22.9 Å². The third-order valence-electron chi connectivity index (χ3n) is 3.73. The summed E-state index contributed by atoms with van der Waals surface area (Å²) < 4.78 is 74.9. The highest BCUT2D eigenvalue weighted by Crippen LogP contribution is 2.44. The van der Waals surface area contributed by atoms with Crippen LogP contribution in [0.15, 0.2) is 58.0 Å². The minimum Gasteiger partial charge on any atom is -0.440 e. The lowest BCUT2D eigenvalue weighted by Crippen LogP contribution is -2.33. The van der Waals surface area contributed by atoms with Crippen LogP contribution in [0, 0.1) is 0 Å². The highest BCUT2D eigenvalue weighted by atomic mass is 19.4. The maximum atomic E-state index is 13.6. The average molecular weight is 415 g/mol. The Balaban J connectivity index is 1.89. The Labute approximate surface area is 158 Å². The number of nitrogens with zero attached hydrogens (tertiary/aromatic N) is 3. The molecule has 3 aromatic rings. The lowest BCUT2D eigenvalue weighted by atomic mass is 10.1. The zero-order valence-corrected chi connectivity index (χ0v) is 14.2. The van der Waals surface area contributed by atoms with Crippen molar-refractivity contribution in [2.45, 2.75) is 18.8 Å². The number of halogens is 5. The van der Waals surface area contributed by atoms with Gasteiger partial charge in [0, 0.05) is 11.8 Å². The van der Waals surface area contributed by atoms with Gasteiger partial charge in [-0.1, -0.05) is 23.4 Å². The molecular weight excluding hydrogens is 405 g/mol. The maximum absolute atomic E-state index is 13.6. The Morgan fingerprint density at radius 2 is 1.79 bits per heavy atom. The van der Waals surface area contributed by atoms with Crippen LogP contribution < -0.4 is 5.76 Å². The minimum absolute atomic E-state index is 0.170. The first-order valence-corrected chi connectivity index (χ1v) is 7.81. The molecule has 0 aliphatic heterocycles. The van der Waals surface area contributed by atoms with Crippen LogP contribution in [-0.4, -0.2) is 26.9 Å². The van der Waals surface area contributed by atoms with Crippen molar-refractivity contribution in [2.75, 3.05) is 0 Å². The van der Waals surface area contributed by atoms with Crippen molar-refractivity contribution in [2.24, 2.45) is 0 Å². The number of pyridine rings is 1. The number of benzene rings is 1. The van der Waals surface area contributed by atoms with Crippen LogP contribution in [0.1, 0.15) is 15.9 Å². The quantitative estimate of drug-likeness (QED) is 0.469. The summed E-state index contributed by atoms with van der Waals surface area (Å²) in [6.07, 6.45) is -5.13. The lowest BCUT2D eigenvalue weighted by molar-refractivity contribution is -0.289. The van der Waals surface area contributed by atoms with Crippen LogP contribution >= 0.6 is 0 Å². The Morgan fingerprint density at radius 1 is 1.10 bits per heavy atom. The van der Waals surface area contributed by atoms with E-state index in [4.69, 9.17) is 4.74 Å². The van der Waals surface area contributed by atoms with E-state index in [-0.39, 0.29) is 5.56 Å². The van der Waals surface area contributed by atoms with Gasteiger partial charge in [0.15, 0.2) is 6.73 Å². The van der Waals surface area contributed by atoms with E-state index < -0.39 is 47.6 Å². The monoisotopic (exact) mass is 415 g/mol. The van der Waals surface area contributed by atoms with Crippen LogP contribution in [0.25, 0.3) is 11.5 Å². The molecule has 0 bridgehead atoms. The van der Waals surface area contributed by atoms with Crippen molar-refractivity contribution >= 4 is 5.97 Å². The van der Waals surface area contributed by atoms with Crippen molar-refractivity contribution in [3.05, 3.63) is 70.3 Å². The number of aromatic nitrogens is 3. The van der Waals surface area contributed by atoms with Crippen molar-refractivity contribution < 1.29 is 36.0 Å². The summed E-state index contributed by atoms with van der Waals surface area (Å²) in [7, 11) is 0. The molecule has 12 heteroatoms. The second kappa shape index (κ2) is 7.45. The minimum atomic E-state index is -5.83. The smallest absolute Gasteiger partial charge is 0.440 e. The number of ether oxygens (including phenoxy) is 1. The van der Waals surface area contributed by atoms with Gasteiger partial charge >= 0.3 is 23.8 Å². The van der Waals surface area contributed by atoms with Gasteiger partial charge in [-0.05, 0) is 24.3 Å². The van der Waals surface area contributed by atoms with Crippen molar-refractivity contribution in [1.29, 1.82) is 0 Å². The highest BCUT2D eigenvalue weighted by molar-refractivity contribution is 5.89. The predicted octanol–water partition coefficient (Wildman–Crippen LogP) is 3.37. The normalized spacial score (nSPS) is 12.0. The van der Waals surface area contributed by atoms with Gasteiger partial charge in [-0.25, -0.2) is 14.2 Å². The Kier molecular flexibility index (Phi) is 5.18. The van der Waals surface area contributed by atoms with E-state index in [1.165, 1.54) is 12.1 Å². The molecule has 29 heavy (non-hydrogen) atoms. The third kappa shape index (κ3) is 4.00. The first kappa shape index (κ1) is 20.2. The lowest BCUT2D eigenvalue weighted by Gasteiger charge is -2.19. The van der Waals surface area contributed by atoms with E-state index >= 15 is 0 Å². The number of rotatable bonds is 5. The fourth-order valence-electron chi connectivity index (χ4n) is 2.26. The predicted molar refractivity (Wildman–Crippen MR) is 85.8 cm³/mol. The number of hydrogen-bond donors (Lipinski definition) is 0. The first-order valence-electron chi connectivity index (χ1n) is 7.81. The topological polar surface area (TPSA) is 87.2 Å². The van der Waals surface area contributed by atoms with Crippen molar-refractivity contribution in [3.63, 3.8) is 0 Å². The standard InChI is InChI=1S/C17H10F5N3O4/c18-16(19,17(20,21)22)11-6-7-23-12(8-11)13-24-29-15(27)25(13)9-28-14(26)10-4-2-1-3-5-10/h1-8H,9H2. The summed E-state index contributed by atoms with van der Waals surface area (Å²) in [6.45, 7) is -0.729. The van der Waals surface area contributed by atoms with Gasteiger partial charge < -0.3 is 4.74 Å². The molecule has 0 aliphatic rings. The zero-order valence-electron chi connectivity index (χ0n) is 14.2. The van der Waals surface area contributed by atoms with Gasteiger partial charge in [-0.3, -0.25) is 9.51 Å². The molecule has 0 saturated heterocycles. The molecule has 0 saturated carbocycles. The van der Waals surface area contributed by atoms with Crippen LogP contribution in [0.5, 0.6) is 0 Å². The van der Waals surface area contributed by atoms with E-state index in [1.807, 2.05) is 0 Å². The number of alkyl halides is 5. The fourth-order valence-corrected chi connectivity index (χ4v) is 2.26. The second-order valence-electron chi connectivity index (χ2n) is 5.63. The molecule has 0 unspecified atom stereocenters. The molecule has 0 amide bonds.